The van der Waals surface area contributed by atoms with Crippen LogP contribution >= 0.6 is 0 Å². The summed E-state index contributed by atoms with van der Waals surface area (Å²) in [5.74, 6) is 0.139. The third-order valence-electron chi connectivity index (χ3n) is 7.55. The number of nitrogens with one attached hydrogen (secondary N) is 2. The highest BCUT2D eigenvalue weighted by atomic mass is 32.2. The maximum Gasteiger partial charge on any atom is 0.323 e. The van der Waals surface area contributed by atoms with Gasteiger partial charge in [-0.25, -0.2) is 13.4 Å². The average Bonchev–Trinajstić information content (AvgIpc) is 3.38. The predicted molar refractivity (Wildman–Crippen MR) is 149 cm³/mol. The zero-order valence-corrected chi connectivity index (χ0v) is 22.6. The second-order valence-electron chi connectivity index (χ2n) is 10.2. The number of amides is 1. The van der Waals surface area contributed by atoms with Gasteiger partial charge in [-0.1, -0.05) is 47.6 Å². The molecule has 12 heteroatoms. The van der Waals surface area contributed by atoms with Crippen LogP contribution in [0.4, 0.5) is 5.82 Å². The van der Waals surface area contributed by atoms with E-state index < -0.39 is 34.2 Å². The summed E-state index contributed by atoms with van der Waals surface area (Å²) in [5, 5.41) is 18.5. The number of hydrogen-bond donors (Lipinski definition) is 3. The molecule has 40 heavy (non-hydrogen) atoms. The van der Waals surface area contributed by atoms with Crippen LogP contribution in [0, 0.1) is 5.92 Å². The number of anilines is 1. The predicted octanol–water partition coefficient (Wildman–Crippen LogP) is 3.20. The molecule has 210 valence electrons. The van der Waals surface area contributed by atoms with E-state index in [4.69, 9.17) is 4.84 Å². The van der Waals surface area contributed by atoms with Crippen molar-refractivity contribution in [2.24, 2.45) is 11.1 Å². The summed E-state index contributed by atoms with van der Waals surface area (Å²) in [7, 11) is -4.22. The smallest absolute Gasteiger partial charge is 0.323 e. The van der Waals surface area contributed by atoms with Crippen molar-refractivity contribution in [3.8, 4) is 0 Å². The Labute approximate surface area is 232 Å². The number of nitrogens with zero attached hydrogens (tertiary/aromatic N) is 3. The zero-order chi connectivity index (χ0) is 28.2. The highest BCUT2D eigenvalue weighted by Gasteiger charge is 2.44. The Morgan fingerprint density at radius 1 is 1.12 bits per heavy atom. The number of sulfonamides is 1. The molecule has 1 atom stereocenters. The van der Waals surface area contributed by atoms with E-state index in [1.54, 1.807) is 42.6 Å². The molecule has 0 radical (unpaired) electrons. The quantitative estimate of drug-likeness (QED) is 0.317. The Morgan fingerprint density at radius 2 is 1.88 bits per heavy atom. The van der Waals surface area contributed by atoms with Gasteiger partial charge in [0.05, 0.1) is 17.9 Å². The van der Waals surface area contributed by atoms with Crippen LogP contribution in [0.2, 0.25) is 0 Å². The van der Waals surface area contributed by atoms with Crippen molar-refractivity contribution >= 4 is 44.8 Å². The largest absolute Gasteiger partial charge is 0.480 e. The molecule has 5 rings (SSSR count). The van der Waals surface area contributed by atoms with Crippen LogP contribution in [0.25, 0.3) is 10.8 Å². The number of pyridine rings is 1. The van der Waals surface area contributed by atoms with Gasteiger partial charge in [-0.15, -0.1) is 0 Å². The lowest BCUT2D eigenvalue weighted by molar-refractivity contribution is -0.139. The molecule has 2 aromatic carbocycles. The Hall–Kier alpha value is -4.03. The van der Waals surface area contributed by atoms with E-state index in [0.29, 0.717) is 29.5 Å². The van der Waals surface area contributed by atoms with Crippen LogP contribution in [0.15, 0.2) is 76.9 Å². The minimum Gasteiger partial charge on any atom is -0.480 e. The summed E-state index contributed by atoms with van der Waals surface area (Å²) in [6.07, 6.45) is 5.80. The van der Waals surface area contributed by atoms with Gasteiger partial charge in [-0.2, -0.15) is 4.72 Å². The van der Waals surface area contributed by atoms with Gasteiger partial charge in [0, 0.05) is 18.1 Å². The normalized spacial score (nSPS) is 21.4. The van der Waals surface area contributed by atoms with Crippen molar-refractivity contribution in [3.05, 3.63) is 66.9 Å². The zero-order valence-electron chi connectivity index (χ0n) is 21.8. The molecule has 1 fully saturated rings. The molecule has 11 nitrogen and oxygen atoms in total. The molecule has 1 amide bonds. The molecule has 2 heterocycles. The molecule has 1 aliphatic carbocycles. The molecule has 3 N–H and O–H groups in total. The first-order chi connectivity index (χ1) is 19.3. The van der Waals surface area contributed by atoms with Crippen molar-refractivity contribution in [2.75, 3.05) is 18.4 Å². The molecular formula is C28H31N5O6S. The summed E-state index contributed by atoms with van der Waals surface area (Å²) in [6.45, 7) is 0.357. The number of aromatic nitrogens is 1. The first-order valence-corrected chi connectivity index (χ1v) is 14.6. The SMILES string of the molecule is O=CN(C[C@H](NS(=O)(=O)c1cccc2ccccc12)C(=O)O)C1=NOC2(CCC(CNc3ccccn3)CC2)C1. The van der Waals surface area contributed by atoms with Crippen molar-refractivity contribution in [1.82, 2.24) is 14.6 Å². The minimum absolute atomic E-state index is 0.0377. The van der Waals surface area contributed by atoms with E-state index in [2.05, 4.69) is 20.2 Å². The monoisotopic (exact) mass is 565 g/mol. The van der Waals surface area contributed by atoms with Crippen molar-refractivity contribution < 1.29 is 28.0 Å². The third kappa shape index (κ3) is 6.07. The molecule has 0 unspecified atom stereocenters. The van der Waals surface area contributed by atoms with Gasteiger partial charge in [0.1, 0.15) is 17.5 Å². The number of amidine groups is 1. The number of rotatable bonds is 10. The maximum absolute atomic E-state index is 13.2. The number of benzene rings is 2. The van der Waals surface area contributed by atoms with Crippen molar-refractivity contribution in [1.29, 1.82) is 0 Å². The number of oxime groups is 1. The van der Waals surface area contributed by atoms with Gasteiger partial charge in [-0.05, 0) is 55.2 Å². The molecule has 0 saturated heterocycles. The number of hydrogen-bond acceptors (Lipinski definition) is 8. The highest BCUT2D eigenvalue weighted by Crippen LogP contribution is 2.41. The van der Waals surface area contributed by atoms with Crippen LogP contribution in [-0.2, 0) is 24.4 Å². The van der Waals surface area contributed by atoms with Crippen molar-refractivity contribution in [2.45, 2.75) is 48.6 Å². The second kappa shape index (κ2) is 11.6. The van der Waals surface area contributed by atoms with Crippen LogP contribution < -0.4 is 10.0 Å². The van der Waals surface area contributed by atoms with E-state index in [9.17, 15) is 23.1 Å². The second-order valence-corrected chi connectivity index (χ2v) is 11.9. The number of carbonyl (C=O) groups excluding carboxylic acids is 1. The molecule has 3 aromatic rings. The van der Waals surface area contributed by atoms with Gasteiger partial charge in [0.25, 0.3) is 0 Å². The lowest BCUT2D eigenvalue weighted by atomic mass is 9.77. The fourth-order valence-corrected chi connectivity index (χ4v) is 6.71. The highest BCUT2D eigenvalue weighted by molar-refractivity contribution is 7.89. The molecule has 1 aromatic heterocycles. The number of aliphatic carboxylic acids is 1. The van der Waals surface area contributed by atoms with E-state index in [0.717, 1.165) is 42.9 Å². The number of carboxylic acids is 1. The molecule has 1 aliphatic heterocycles. The first-order valence-electron chi connectivity index (χ1n) is 13.1. The van der Waals surface area contributed by atoms with Crippen LogP contribution in [0.3, 0.4) is 0 Å². The maximum atomic E-state index is 13.2. The lowest BCUT2D eigenvalue weighted by Crippen LogP contribution is -2.50. The number of fused-ring (bicyclic) bond motifs is 1. The Morgan fingerprint density at radius 3 is 2.60 bits per heavy atom. The third-order valence-corrected chi connectivity index (χ3v) is 9.08. The van der Waals surface area contributed by atoms with Gasteiger partial charge < -0.3 is 15.3 Å². The van der Waals surface area contributed by atoms with E-state index >= 15 is 0 Å². The summed E-state index contributed by atoms with van der Waals surface area (Å²) in [4.78, 5) is 35.3. The minimum atomic E-state index is -4.22. The summed E-state index contributed by atoms with van der Waals surface area (Å²) in [6, 6.07) is 15.8. The summed E-state index contributed by atoms with van der Waals surface area (Å²) in [5.41, 5.74) is -0.556. The van der Waals surface area contributed by atoms with E-state index in [1.807, 2.05) is 18.2 Å². The van der Waals surface area contributed by atoms with Gasteiger partial charge in [-0.3, -0.25) is 14.5 Å². The van der Waals surface area contributed by atoms with Crippen molar-refractivity contribution in [3.63, 3.8) is 0 Å². The summed E-state index contributed by atoms with van der Waals surface area (Å²) >= 11 is 0. The van der Waals surface area contributed by atoms with E-state index in [-0.39, 0.29) is 10.7 Å². The van der Waals surface area contributed by atoms with E-state index in [1.165, 1.54) is 6.07 Å². The number of carboxylic acid groups (broad SMARTS) is 1. The molecular weight excluding hydrogens is 534 g/mol. The van der Waals surface area contributed by atoms with Gasteiger partial charge >= 0.3 is 5.97 Å². The van der Waals surface area contributed by atoms with Crippen LogP contribution in [0.1, 0.15) is 32.1 Å². The Kier molecular flexibility index (Phi) is 7.99. The van der Waals surface area contributed by atoms with Gasteiger partial charge in [0.15, 0.2) is 5.84 Å². The fourth-order valence-electron chi connectivity index (χ4n) is 5.30. The Bertz CT molecular complexity index is 1500. The standard InChI is InChI=1S/C28H31N5O6S/c34-19-33(18-23(27(35)36)32-40(37,38)24-9-5-7-21-6-1-2-8-22(21)24)26-16-28(39-31-26)13-11-20(12-14-28)17-30-25-10-3-4-15-29-25/h1-10,15,19-20,23,32H,11-14,16-18H2,(H,29,30)(H,35,36)/t20?,23-,28?/m0/s1. The fraction of sp³-hybridized carbons (Fsp3) is 0.357. The van der Waals surface area contributed by atoms with Crippen LogP contribution in [-0.4, -0.2) is 66.4 Å². The molecule has 1 spiro atoms. The average molecular weight is 566 g/mol. The topological polar surface area (TPSA) is 150 Å². The molecule has 2 aliphatic rings. The lowest BCUT2D eigenvalue weighted by Gasteiger charge is -2.35. The summed E-state index contributed by atoms with van der Waals surface area (Å²) < 4.78 is 28.7. The number of carbonyl (C=O) groups is 2. The van der Waals surface area contributed by atoms with Crippen LogP contribution in [0.5, 0.6) is 0 Å². The Balaban J connectivity index is 1.20. The van der Waals surface area contributed by atoms with Gasteiger partial charge in [0.2, 0.25) is 16.4 Å². The molecule has 1 saturated carbocycles. The molecule has 0 bridgehead atoms. The first kappa shape index (κ1) is 27.5.